The van der Waals surface area contributed by atoms with Crippen molar-refractivity contribution in [3.63, 3.8) is 0 Å². The van der Waals surface area contributed by atoms with Gasteiger partial charge in [-0.05, 0) is 53.1 Å². The predicted octanol–water partition coefficient (Wildman–Crippen LogP) is 5.98. The van der Waals surface area contributed by atoms with Gasteiger partial charge in [0.1, 0.15) is 17.3 Å². The van der Waals surface area contributed by atoms with E-state index < -0.39 is 21.8 Å². The highest BCUT2D eigenvalue weighted by Crippen LogP contribution is 2.30. The Hall–Kier alpha value is -2.41. The number of carbonyl (C=O) groups excluding carboxylic acids is 1. The van der Waals surface area contributed by atoms with E-state index in [2.05, 4.69) is 44.5 Å². The maximum Gasteiger partial charge on any atom is 0.229 e. The third-order valence-corrected chi connectivity index (χ3v) is 6.19. The molecule has 0 aliphatic rings. The zero-order valence-electron chi connectivity index (χ0n) is 20.5. The molecule has 2 rings (SSSR count). The van der Waals surface area contributed by atoms with Gasteiger partial charge in [-0.1, -0.05) is 59.2 Å². The van der Waals surface area contributed by atoms with Gasteiger partial charge in [0.15, 0.2) is 0 Å². The molecular formula is C26H36FNO4S. The first-order valence-electron chi connectivity index (χ1n) is 11.4. The van der Waals surface area contributed by atoms with Crippen molar-refractivity contribution in [2.24, 2.45) is 0 Å². The summed E-state index contributed by atoms with van der Waals surface area (Å²) in [6, 6.07) is 10.3. The Balaban J connectivity index is 2.13. The Kier molecular flexibility index (Phi) is 9.06. The molecule has 0 fully saturated rings. The average Bonchev–Trinajstić information content (AvgIpc) is 2.72. The highest BCUT2D eigenvalue weighted by atomic mass is 32.2. The van der Waals surface area contributed by atoms with Crippen LogP contribution in [0, 0.1) is 5.82 Å². The molecule has 0 aliphatic carbocycles. The number of sulfonamides is 1. The first-order chi connectivity index (χ1) is 15.3. The second-order valence-electron chi connectivity index (χ2n) is 9.58. The summed E-state index contributed by atoms with van der Waals surface area (Å²) in [5, 5.41) is 0. The van der Waals surface area contributed by atoms with Crippen molar-refractivity contribution in [3.8, 4) is 5.75 Å². The molecule has 0 saturated heterocycles. The lowest BCUT2D eigenvalue weighted by molar-refractivity contribution is -0.120. The Morgan fingerprint density at radius 2 is 1.85 bits per heavy atom. The van der Waals surface area contributed by atoms with Crippen LogP contribution in [-0.2, 0) is 26.7 Å². The number of carbonyl (C=O) groups is 1. The summed E-state index contributed by atoms with van der Waals surface area (Å²) in [5.41, 5.74) is 2.54. The maximum absolute atomic E-state index is 14.3. The fraction of sp³-hybridized carbons (Fsp3) is 0.500. The molecule has 182 valence electrons. The molecule has 0 spiro atoms. The number of aryl methyl sites for hydroxylation is 1. The van der Waals surface area contributed by atoms with E-state index in [0.29, 0.717) is 25.0 Å². The monoisotopic (exact) mass is 477 g/mol. The van der Waals surface area contributed by atoms with Crippen LogP contribution in [0.25, 0.3) is 0 Å². The Morgan fingerprint density at radius 1 is 1.15 bits per heavy atom. The van der Waals surface area contributed by atoms with Gasteiger partial charge in [-0.3, -0.25) is 9.52 Å². The highest BCUT2D eigenvalue weighted by Gasteiger charge is 2.20. The average molecular weight is 478 g/mol. The lowest BCUT2D eigenvalue weighted by atomic mass is 9.85. The standard InChI is InChI=1S/C26H36FNO4S/c1-7-8-15-32-25-17-21(26(3,4)5)12-9-19(25)11-14-24(29)18(2)20-10-13-23(22(27)16-20)28-33(6,30)31/h9-10,12-13,16-18,28H,7-8,11,14-15H2,1-6H3. The minimum atomic E-state index is -3.58. The van der Waals surface area contributed by atoms with E-state index in [0.717, 1.165) is 30.4 Å². The molecule has 1 atom stereocenters. The van der Waals surface area contributed by atoms with Crippen LogP contribution in [0.3, 0.4) is 0 Å². The van der Waals surface area contributed by atoms with E-state index in [1.165, 1.54) is 17.7 Å². The third kappa shape index (κ3) is 8.14. The summed E-state index contributed by atoms with van der Waals surface area (Å²) < 4.78 is 45.2. The summed E-state index contributed by atoms with van der Waals surface area (Å²) in [6.45, 7) is 10.9. The number of rotatable bonds is 11. The van der Waals surface area contributed by atoms with E-state index in [-0.39, 0.29) is 16.9 Å². The van der Waals surface area contributed by atoms with Crippen molar-refractivity contribution in [3.05, 3.63) is 58.9 Å². The zero-order valence-corrected chi connectivity index (χ0v) is 21.3. The number of benzene rings is 2. The van der Waals surface area contributed by atoms with E-state index in [1.54, 1.807) is 13.0 Å². The summed E-state index contributed by atoms with van der Waals surface area (Å²) in [6.07, 6.45) is 3.79. The molecule has 33 heavy (non-hydrogen) atoms. The molecule has 2 aromatic rings. The minimum absolute atomic E-state index is 0.00602. The first kappa shape index (κ1) is 26.8. The quantitative estimate of drug-likeness (QED) is 0.404. The van der Waals surface area contributed by atoms with Gasteiger partial charge in [0.25, 0.3) is 0 Å². The fourth-order valence-electron chi connectivity index (χ4n) is 3.43. The van der Waals surface area contributed by atoms with Crippen molar-refractivity contribution in [1.82, 2.24) is 0 Å². The number of anilines is 1. The number of unbranched alkanes of at least 4 members (excludes halogenated alkanes) is 1. The number of hydrogen-bond acceptors (Lipinski definition) is 4. The normalized spacial score (nSPS) is 12.9. The van der Waals surface area contributed by atoms with Crippen molar-refractivity contribution < 1.29 is 22.3 Å². The smallest absolute Gasteiger partial charge is 0.229 e. The maximum atomic E-state index is 14.3. The van der Waals surface area contributed by atoms with E-state index in [1.807, 2.05) is 6.07 Å². The van der Waals surface area contributed by atoms with Gasteiger partial charge in [-0.2, -0.15) is 0 Å². The van der Waals surface area contributed by atoms with Gasteiger partial charge in [-0.15, -0.1) is 0 Å². The van der Waals surface area contributed by atoms with E-state index >= 15 is 0 Å². The molecular weight excluding hydrogens is 441 g/mol. The molecule has 0 bridgehead atoms. The topological polar surface area (TPSA) is 72.5 Å². The van der Waals surface area contributed by atoms with Crippen LogP contribution in [0.5, 0.6) is 5.75 Å². The van der Waals surface area contributed by atoms with Crippen LogP contribution in [0.1, 0.15) is 76.5 Å². The largest absolute Gasteiger partial charge is 0.493 e. The van der Waals surface area contributed by atoms with Crippen LogP contribution in [0.15, 0.2) is 36.4 Å². The summed E-state index contributed by atoms with van der Waals surface area (Å²) in [4.78, 5) is 12.9. The van der Waals surface area contributed by atoms with Gasteiger partial charge < -0.3 is 4.74 Å². The molecule has 0 radical (unpaired) electrons. The fourth-order valence-corrected chi connectivity index (χ4v) is 4.00. The SMILES string of the molecule is CCCCOc1cc(C(C)(C)C)ccc1CCC(=O)C(C)c1ccc(NS(C)(=O)=O)c(F)c1. The summed E-state index contributed by atoms with van der Waals surface area (Å²) in [7, 11) is -3.58. The van der Waals surface area contributed by atoms with Crippen LogP contribution in [0.2, 0.25) is 0 Å². The van der Waals surface area contributed by atoms with Crippen molar-refractivity contribution in [2.75, 3.05) is 17.6 Å². The molecule has 1 unspecified atom stereocenters. The van der Waals surface area contributed by atoms with Crippen molar-refractivity contribution in [2.45, 2.75) is 71.6 Å². The molecule has 0 saturated carbocycles. The molecule has 0 amide bonds. The molecule has 0 aromatic heterocycles. The van der Waals surface area contributed by atoms with Gasteiger partial charge in [0, 0.05) is 12.3 Å². The van der Waals surface area contributed by atoms with E-state index in [9.17, 15) is 17.6 Å². The van der Waals surface area contributed by atoms with Gasteiger partial charge >= 0.3 is 0 Å². The summed E-state index contributed by atoms with van der Waals surface area (Å²) >= 11 is 0. The number of hydrogen-bond donors (Lipinski definition) is 1. The number of Topliss-reactive ketones (excluding diaryl/α,β-unsaturated/α-hetero) is 1. The van der Waals surface area contributed by atoms with Gasteiger partial charge in [0.2, 0.25) is 10.0 Å². The lowest BCUT2D eigenvalue weighted by Gasteiger charge is -2.22. The van der Waals surface area contributed by atoms with Crippen LogP contribution in [0.4, 0.5) is 10.1 Å². The summed E-state index contributed by atoms with van der Waals surface area (Å²) in [5.74, 6) is -0.414. The zero-order chi connectivity index (χ0) is 24.8. The minimum Gasteiger partial charge on any atom is -0.493 e. The first-order valence-corrected chi connectivity index (χ1v) is 13.3. The van der Waals surface area contributed by atoms with Gasteiger partial charge in [-0.25, -0.2) is 12.8 Å². The van der Waals surface area contributed by atoms with Gasteiger partial charge in [0.05, 0.1) is 18.6 Å². The molecule has 7 heteroatoms. The predicted molar refractivity (Wildman–Crippen MR) is 132 cm³/mol. The van der Waals surface area contributed by atoms with Crippen LogP contribution < -0.4 is 9.46 Å². The number of halogens is 1. The van der Waals surface area contributed by atoms with Crippen LogP contribution >= 0.6 is 0 Å². The second-order valence-corrected chi connectivity index (χ2v) is 11.3. The Morgan fingerprint density at radius 3 is 2.42 bits per heavy atom. The number of nitrogens with one attached hydrogen (secondary N) is 1. The Bertz CT molecular complexity index is 1070. The molecule has 0 aliphatic heterocycles. The highest BCUT2D eigenvalue weighted by molar-refractivity contribution is 7.92. The number of ketones is 1. The van der Waals surface area contributed by atoms with Crippen LogP contribution in [-0.4, -0.2) is 27.1 Å². The molecule has 0 heterocycles. The molecule has 1 N–H and O–H groups in total. The lowest BCUT2D eigenvalue weighted by Crippen LogP contribution is -2.14. The van der Waals surface area contributed by atoms with Crippen molar-refractivity contribution >= 4 is 21.5 Å². The second kappa shape index (κ2) is 11.1. The molecule has 5 nitrogen and oxygen atoms in total. The third-order valence-electron chi connectivity index (χ3n) is 5.60. The number of ether oxygens (including phenoxy) is 1. The van der Waals surface area contributed by atoms with E-state index in [4.69, 9.17) is 4.74 Å². The molecule has 2 aromatic carbocycles. The Labute approximate surface area is 197 Å². The van der Waals surface area contributed by atoms with Crippen molar-refractivity contribution in [1.29, 1.82) is 0 Å².